The second-order valence-electron chi connectivity index (χ2n) is 4.29. The Bertz CT molecular complexity index is 601. The number of nitrogens with one attached hydrogen (secondary N) is 1. The molecule has 2 aromatic rings. The maximum absolute atomic E-state index is 10.8. The highest BCUT2D eigenvalue weighted by Gasteiger charge is 2.13. The number of hydrogen-bond acceptors (Lipinski definition) is 7. The normalized spacial score (nSPS) is 10.8. The molecule has 108 valence electrons. The van der Waals surface area contributed by atoms with E-state index in [2.05, 4.69) is 25.2 Å². The molecule has 0 fully saturated rings. The number of thioether (sulfide) groups is 1. The van der Waals surface area contributed by atoms with Crippen molar-refractivity contribution < 1.29 is 4.79 Å². The van der Waals surface area contributed by atoms with Crippen LogP contribution in [0.15, 0.2) is 10.7 Å². The number of hydrogen-bond donors (Lipinski definition) is 1. The van der Waals surface area contributed by atoms with Crippen LogP contribution in [0.1, 0.15) is 13.3 Å². The molecule has 1 N–H and O–H groups in total. The quantitative estimate of drug-likeness (QED) is 0.647. The molecule has 2 aromatic heterocycles. The zero-order chi connectivity index (χ0) is 14.5. The lowest BCUT2D eigenvalue weighted by molar-refractivity contribution is -0.118. The summed E-state index contributed by atoms with van der Waals surface area (Å²) in [4.78, 5) is 25.9. The molecule has 1 amide bonds. The summed E-state index contributed by atoms with van der Waals surface area (Å²) < 4.78 is 2.01. The Labute approximate surface area is 126 Å². The lowest BCUT2D eigenvalue weighted by Crippen LogP contribution is -2.26. The first kappa shape index (κ1) is 15.0. The van der Waals surface area contributed by atoms with Crippen LogP contribution in [0, 0.1) is 0 Å². The van der Waals surface area contributed by atoms with Gasteiger partial charge in [-0.3, -0.25) is 4.79 Å². The van der Waals surface area contributed by atoms with Gasteiger partial charge in [-0.15, -0.1) is 11.3 Å². The molecule has 2 heterocycles. The maximum atomic E-state index is 10.8. The summed E-state index contributed by atoms with van der Waals surface area (Å²) in [5.74, 6) is 0.903. The molecule has 0 aliphatic rings. The van der Waals surface area contributed by atoms with E-state index in [1.165, 1.54) is 6.92 Å². The fraction of sp³-hybridized carbons (Fsp3) is 0.500. The summed E-state index contributed by atoms with van der Waals surface area (Å²) in [5.41, 5.74) is 0.748. The number of nitrogens with zero attached hydrogens (tertiary/aromatic N) is 4. The molecule has 0 atom stereocenters. The lowest BCUT2D eigenvalue weighted by atomic mass is 10.3. The summed E-state index contributed by atoms with van der Waals surface area (Å²) in [6, 6.07) is 0. The molecule has 0 radical (unpaired) electrons. The first-order valence-corrected chi connectivity index (χ1v) is 8.27. The number of carbonyl (C=O) groups is 1. The Hall–Kier alpha value is -1.41. The minimum atomic E-state index is 0.00384. The molecular weight excluding hydrogens is 294 g/mol. The topological polar surface area (TPSA) is 71.0 Å². The van der Waals surface area contributed by atoms with Crippen LogP contribution in [0.4, 0.5) is 5.82 Å². The summed E-state index contributed by atoms with van der Waals surface area (Å²) in [5, 5.41) is 2.79. The van der Waals surface area contributed by atoms with E-state index < -0.39 is 0 Å². The van der Waals surface area contributed by atoms with Crippen LogP contribution < -0.4 is 10.2 Å². The van der Waals surface area contributed by atoms with Crippen molar-refractivity contribution >= 4 is 45.2 Å². The molecule has 0 spiro atoms. The van der Waals surface area contributed by atoms with Crippen molar-refractivity contribution in [2.24, 2.45) is 0 Å². The summed E-state index contributed by atoms with van der Waals surface area (Å²) in [7, 11) is 1.99. The SMILES string of the molecule is CSc1nc2ncnc(N(C)CCCNC(C)=O)c2s1. The smallest absolute Gasteiger partial charge is 0.216 e. The Kier molecular flexibility index (Phi) is 5.13. The summed E-state index contributed by atoms with van der Waals surface area (Å²) >= 11 is 3.23. The number of anilines is 1. The molecule has 0 saturated heterocycles. The van der Waals surface area contributed by atoms with Gasteiger partial charge in [0.05, 0.1) is 0 Å². The van der Waals surface area contributed by atoms with E-state index >= 15 is 0 Å². The first-order chi connectivity index (χ1) is 9.61. The van der Waals surface area contributed by atoms with Crippen molar-refractivity contribution in [3.63, 3.8) is 0 Å². The predicted molar refractivity (Wildman–Crippen MR) is 83.6 cm³/mol. The van der Waals surface area contributed by atoms with Gasteiger partial charge >= 0.3 is 0 Å². The fourth-order valence-corrected chi connectivity index (χ4v) is 3.33. The number of amides is 1. The van der Waals surface area contributed by atoms with Crippen LogP contribution in [0.3, 0.4) is 0 Å². The predicted octanol–water partition coefficient (Wildman–Crippen LogP) is 1.77. The number of carbonyl (C=O) groups excluding carboxylic acids is 1. The van der Waals surface area contributed by atoms with Crippen molar-refractivity contribution in [2.45, 2.75) is 17.7 Å². The Morgan fingerprint density at radius 3 is 3.00 bits per heavy atom. The number of fused-ring (bicyclic) bond motifs is 1. The van der Waals surface area contributed by atoms with E-state index in [1.54, 1.807) is 29.4 Å². The van der Waals surface area contributed by atoms with Crippen LogP contribution in [0.5, 0.6) is 0 Å². The van der Waals surface area contributed by atoms with Crippen molar-refractivity contribution in [1.29, 1.82) is 0 Å². The largest absolute Gasteiger partial charge is 0.358 e. The van der Waals surface area contributed by atoms with Gasteiger partial charge in [0.25, 0.3) is 0 Å². The summed E-state index contributed by atoms with van der Waals surface area (Å²) in [6.07, 6.45) is 4.42. The Morgan fingerprint density at radius 2 is 2.30 bits per heavy atom. The Balaban J connectivity index is 2.07. The molecule has 8 heteroatoms. The molecule has 0 aromatic carbocycles. The van der Waals surface area contributed by atoms with Crippen LogP contribution in [0.2, 0.25) is 0 Å². The highest BCUT2D eigenvalue weighted by molar-refractivity contribution is 8.00. The van der Waals surface area contributed by atoms with Crippen molar-refractivity contribution in [1.82, 2.24) is 20.3 Å². The third kappa shape index (κ3) is 3.57. The number of thiazole rings is 1. The molecule has 6 nitrogen and oxygen atoms in total. The third-order valence-corrected chi connectivity index (χ3v) is 4.76. The van der Waals surface area contributed by atoms with Gasteiger partial charge in [-0.25, -0.2) is 15.0 Å². The van der Waals surface area contributed by atoms with Crippen molar-refractivity contribution in [3.8, 4) is 0 Å². The molecule has 0 aliphatic heterocycles. The average molecular weight is 311 g/mol. The van der Waals surface area contributed by atoms with E-state index in [9.17, 15) is 4.79 Å². The van der Waals surface area contributed by atoms with Gasteiger partial charge < -0.3 is 10.2 Å². The van der Waals surface area contributed by atoms with Gasteiger partial charge in [0, 0.05) is 27.1 Å². The molecule has 2 rings (SSSR count). The number of aromatic nitrogens is 3. The van der Waals surface area contributed by atoms with Gasteiger partial charge in [-0.1, -0.05) is 11.8 Å². The molecule has 0 aliphatic carbocycles. The maximum Gasteiger partial charge on any atom is 0.216 e. The molecule has 0 unspecified atom stereocenters. The summed E-state index contributed by atoms with van der Waals surface area (Å²) in [6.45, 7) is 3.02. The number of rotatable bonds is 6. The zero-order valence-corrected chi connectivity index (χ0v) is 13.3. The standard InChI is InChI=1S/C12H17N5OS2/c1-8(18)13-5-4-6-17(2)11-9-10(14-7-15-11)16-12(19-3)20-9/h7H,4-6H2,1-3H3,(H,13,18). The highest BCUT2D eigenvalue weighted by Crippen LogP contribution is 2.32. The van der Waals surface area contributed by atoms with E-state index in [4.69, 9.17) is 0 Å². The Morgan fingerprint density at radius 1 is 1.50 bits per heavy atom. The van der Waals surface area contributed by atoms with Gasteiger partial charge in [0.15, 0.2) is 15.8 Å². The van der Waals surface area contributed by atoms with E-state index in [1.807, 2.05) is 13.3 Å². The van der Waals surface area contributed by atoms with Crippen LogP contribution in [-0.2, 0) is 4.79 Å². The first-order valence-electron chi connectivity index (χ1n) is 6.23. The monoisotopic (exact) mass is 311 g/mol. The fourth-order valence-electron chi connectivity index (χ4n) is 1.77. The van der Waals surface area contributed by atoms with E-state index in [0.29, 0.717) is 6.54 Å². The molecule has 0 saturated carbocycles. The van der Waals surface area contributed by atoms with Crippen molar-refractivity contribution in [3.05, 3.63) is 6.33 Å². The van der Waals surface area contributed by atoms with Crippen LogP contribution in [-0.4, -0.2) is 47.3 Å². The van der Waals surface area contributed by atoms with Crippen LogP contribution in [0.25, 0.3) is 10.3 Å². The van der Waals surface area contributed by atoms with E-state index in [0.717, 1.165) is 33.5 Å². The molecular formula is C12H17N5OS2. The average Bonchev–Trinajstić information content (AvgIpc) is 2.85. The van der Waals surface area contributed by atoms with Gasteiger partial charge in [0.2, 0.25) is 5.91 Å². The zero-order valence-electron chi connectivity index (χ0n) is 11.7. The highest BCUT2D eigenvalue weighted by atomic mass is 32.2. The van der Waals surface area contributed by atoms with Gasteiger partial charge in [-0.05, 0) is 12.7 Å². The second kappa shape index (κ2) is 6.85. The lowest BCUT2D eigenvalue weighted by Gasteiger charge is -2.18. The molecule has 20 heavy (non-hydrogen) atoms. The van der Waals surface area contributed by atoms with Crippen LogP contribution >= 0.6 is 23.1 Å². The van der Waals surface area contributed by atoms with Crippen molar-refractivity contribution in [2.75, 3.05) is 31.3 Å². The minimum Gasteiger partial charge on any atom is -0.358 e. The minimum absolute atomic E-state index is 0.00384. The second-order valence-corrected chi connectivity index (χ2v) is 6.34. The molecule has 0 bridgehead atoms. The van der Waals surface area contributed by atoms with Gasteiger partial charge in [-0.2, -0.15) is 0 Å². The third-order valence-electron chi connectivity index (χ3n) is 2.73. The van der Waals surface area contributed by atoms with Gasteiger partial charge in [0.1, 0.15) is 11.0 Å². The van der Waals surface area contributed by atoms with E-state index in [-0.39, 0.29) is 5.91 Å².